The van der Waals surface area contributed by atoms with Crippen LogP contribution in [0, 0.1) is 0 Å². The van der Waals surface area contributed by atoms with E-state index in [1.54, 1.807) is 0 Å². The first-order valence-electron chi connectivity index (χ1n) is 8.70. The van der Waals surface area contributed by atoms with Crippen molar-refractivity contribution in [1.29, 1.82) is 0 Å². The summed E-state index contributed by atoms with van der Waals surface area (Å²) >= 11 is 0. The molecule has 0 aromatic heterocycles. The van der Waals surface area contributed by atoms with Crippen LogP contribution in [0.25, 0.3) is 0 Å². The second-order valence-electron chi connectivity index (χ2n) is 5.72. The van der Waals surface area contributed by atoms with Crippen LogP contribution in [0.15, 0.2) is 12.3 Å². The van der Waals surface area contributed by atoms with Crippen molar-refractivity contribution in [2.24, 2.45) is 0 Å². The van der Waals surface area contributed by atoms with Gasteiger partial charge in [0.25, 0.3) is 0 Å². The van der Waals surface area contributed by atoms with Crippen molar-refractivity contribution in [2.75, 3.05) is 26.4 Å². The molecule has 0 bridgehead atoms. The number of hydrogen-bond acceptors (Lipinski definition) is 4. The molecule has 0 unspecified atom stereocenters. The molecular formula is C16H36O4Si2. The van der Waals surface area contributed by atoms with Crippen molar-refractivity contribution in [2.45, 2.75) is 65.6 Å². The van der Waals surface area contributed by atoms with Gasteiger partial charge in [-0.1, -0.05) is 27.7 Å². The zero-order valence-electron chi connectivity index (χ0n) is 15.3. The smallest absolute Gasteiger partial charge is 0.366 e. The molecule has 0 heterocycles. The summed E-state index contributed by atoms with van der Waals surface area (Å²) in [4.78, 5) is 0. The Hall–Kier alpha value is 0.0138. The number of hydrogen-bond donors (Lipinski definition) is 0. The average molecular weight is 349 g/mol. The van der Waals surface area contributed by atoms with Gasteiger partial charge in [-0.15, -0.1) is 6.58 Å². The van der Waals surface area contributed by atoms with Gasteiger partial charge >= 0.3 is 17.1 Å². The van der Waals surface area contributed by atoms with Crippen LogP contribution in [-0.2, 0) is 17.7 Å². The van der Waals surface area contributed by atoms with E-state index < -0.39 is 17.1 Å². The number of rotatable bonds is 15. The van der Waals surface area contributed by atoms with E-state index in [1.807, 2.05) is 5.70 Å². The molecular weight excluding hydrogens is 312 g/mol. The molecule has 0 aliphatic rings. The molecule has 0 radical (unpaired) electrons. The maximum atomic E-state index is 6.16. The standard InChI is InChI=1S/C16H36O4Si2/c1-7-12-17-21(6,18-13-8-2)16-22(11-5,19-14-9-3)20-15-10-4/h11H,5,7-10,12-16H2,1-4,6H3. The maximum Gasteiger partial charge on any atom is 0.366 e. The lowest BCUT2D eigenvalue weighted by Crippen LogP contribution is -2.53. The molecule has 0 aromatic rings. The van der Waals surface area contributed by atoms with Crippen molar-refractivity contribution in [3.63, 3.8) is 0 Å². The highest BCUT2D eigenvalue weighted by molar-refractivity contribution is 6.88. The van der Waals surface area contributed by atoms with Gasteiger partial charge in [-0.2, -0.15) is 0 Å². The fraction of sp³-hybridized carbons (Fsp3) is 0.875. The minimum absolute atomic E-state index is 0.702. The van der Waals surface area contributed by atoms with E-state index in [-0.39, 0.29) is 0 Å². The van der Waals surface area contributed by atoms with Crippen molar-refractivity contribution in [3.05, 3.63) is 12.3 Å². The monoisotopic (exact) mass is 348 g/mol. The Kier molecular flexibility index (Phi) is 12.4. The minimum atomic E-state index is -2.47. The molecule has 0 saturated carbocycles. The van der Waals surface area contributed by atoms with Gasteiger partial charge in [0.2, 0.25) is 0 Å². The molecule has 0 aliphatic heterocycles. The highest BCUT2D eigenvalue weighted by Gasteiger charge is 2.46. The predicted molar refractivity (Wildman–Crippen MR) is 97.3 cm³/mol. The minimum Gasteiger partial charge on any atom is -0.394 e. The Labute approximate surface area is 139 Å². The Morgan fingerprint density at radius 3 is 1.41 bits per heavy atom. The van der Waals surface area contributed by atoms with Gasteiger partial charge in [0, 0.05) is 32.1 Å². The SMILES string of the molecule is C=C[Si](C[Si](C)(OCCC)OCCC)(OCCC)OCCC. The first-order valence-corrected chi connectivity index (χ1v) is 13.3. The summed E-state index contributed by atoms with van der Waals surface area (Å²) in [6.07, 6.45) is 3.93. The van der Waals surface area contributed by atoms with E-state index in [2.05, 4.69) is 40.8 Å². The molecule has 0 atom stereocenters. The topological polar surface area (TPSA) is 36.9 Å². The second-order valence-corrected chi connectivity index (χ2v) is 12.6. The molecule has 0 amide bonds. The van der Waals surface area contributed by atoms with Crippen LogP contribution >= 0.6 is 0 Å². The predicted octanol–water partition coefficient (Wildman–Crippen LogP) is 4.47. The summed E-state index contributed by atoms with van der Waals surface area (Å²) in [7, 11) is -4.78. The summed E-state index contributed by atoms with van der Waals surface area (Å²) < 4.78 is 24.6. The molecule has 132 valence electrons. The van der Waals surface area contributed by atoms with E-state index >= 15 is 0 Å². The van der Waals surface area contributed by atoms with Crippen LogP contribution < -0.4 is 0 Å². The van der Waals surface area contributed by atoms with Gasteiger partial charge < -0.3 is 17.7 Å². The van der Waals surface area contributed by atoms with Gasteiger partial charge in [0.05, 0.1) is 0 Å². The molecule has 4 nitrogen and oxygen atoms in total. The molecule has 22 heavy (non-hydrogen) atoms. The third-order valence-electron chi connectivity index (χ3n) is 3.20. The van der Waals surface area contributed by atoms with E-state index in [0.717, 1.165) is 44.6 Å². The normalized spacial score (nSPS) is 12.6. The van der Waals surface area contributed by atoms with Crippen LogP contribution in [0.2, 0.25) is 12.2 Å². The van der Waals surface area contributed by atoms with E-state index in [9.17, 15) is 0 Å². The van der Waals surface area contributed by atoms with Crippen LogP contribution in [0.4, 0.5) is 0 Å². The summed E-state index contributed by atoms with van der Waals surface area (Å²) in [5.74, 6) is 0. The Balaban J connectivity index is 5.07. The fourth-order valence-corrected chi connectivity index (χ4v) is 10.7. The Morgan fingerprint density at radius 2 is 1.09 bits per heavy atom. The van der Waals surface area contributed by atoms with Crippen molar-refractivity contribution < 1.29 is 17.7 Å². The highest BCUT2D eigenvalue weighted by Crippen LogP contribution is 2.26. The Morgan fingerprint density at radius 1 is 0.727 bits per heavy atom. The quantitative estimate of drug-likeness (QED) is 0.409. The zero-order chi connectivity index (χ0) is 16.9. The molecule has 0 saturated heterocycles. The summed E-state index contributed by atoms with van der Waals surface area (Å²) in [6.45, 7) is 17.5. The van der Waals surface area contributed by atoms with Crippen molar-refractivity contribution in [3.8, 4) is 0 Å². The van der Waals surface area contributed by atoms with E-state index in [1.165, 1.54) is 0 Å². The van der Waals surface area contributed by atoms with Crippen LogP contribution in [0.3, 0.4) is 0 Å². The molecule has 0 spiro atoms. The van der Waals surface area contributed by atoms with Gasteiger partial charge in [-0.05, 0) is 37.9 Å². The highest BCUT2D eigenvalue weighted by atomic mass is 28.4. The second kappa shape index (κ2) is 12.4. The van der Waals surface area contributed by atoms with Gasteiger partial charge in [-0.25, -0.2) is 0 Å². The van der Waals surface area contributed by atoms with Crippen LogP contribution in [0.5, 0.6) is 0 Å². The lowest BCUT2D eigenvalue weighted by Gasteiger charge is -2.35. The molecule has 0 aromatic carbocycles. The van der Waals surface area contributed by atoms with Crippen molar-refractivity contribution >= 4 is 17.1 Å². The lowest BCUT2D eigenvalue weighted by molar-refractivity contribution is 0.157. The third kappa shape index (κ3) is 8.60. The first kappa shape index (κ1) is 22.0. The summed E-state index contributed by atoms with van der Waals surface area (Å²) in [5.41, 5.74) is 2.66. The van der Waals surface area contributed by atoms with Gasteiger partial charge in [-0.3, -0.25) is 0 Å². The molecule has 0 N–H and O–H groups in total. The Bertz CT molecular complexity index is 271. The van der Waals surface area contributed by atoms with Crippen molar-refractivity contribution in [1.82, 2.24) is 0 Å². The molecule has 0 aliphatic carbocycles. The van der Waals surface area contributed by atoms with Gasteiger partial charge in [0.1, 0.15) is 0 Å². The van der Waals surface area contributed by atoms with E-state index in [0.29, 0.717) is 13.2 Å². The lowest BCUT2D eigenvalue weighted by atomic mass is 10.5. The molecule has 0 rings (SSSR count). The maximum absolute atomic E-state index is 6.16. The van der Waals surface area contributed by atoms with E-state index in [4.69, 9.17) is 17.7 Å². The average Bonchev–Trinajstić information content (AvgIpc) is 2.54. The summed E-state index contributed by atoms with van der Waals surface area (Å²) in [6, 6.07) is 0. The molecule has 6 heteroatoms. The first-order chi connectivity index (χ1) is 10.5. The van der Waals surface area contributed by atoms with Gasteiger partial charge in [0.15, 0.2) is 0 Å². The fourth-order valence-electron chi connectivity index (χ4n) is 2.11. The third-order valence-corrected chi connectivity index (χ3v) is 11.4. The summed E-state index contributed by atoms with van der Waals surface area (Å²) in [5, 5.41) is 0. The van der Waals surface area contributed by atoms with Crippen LogP contribution in [0.1, 0.15) is 53.4 Å². The zero-order valence-corrected chi connectivity index (χ0v) is 17.3. The molecule has 0 fully saturated rings. The van der Waals surface area contributed by atoms with Crippen LogP contribution in [-0.4, -0.2) is 43.5 Å². The largest absolute Gasteiger partial charge is 0.394 e.